The molecule has 2 aromatic carbocycles. The Bertz CT molecular complexity index is 1320. The van der Waals surface area contributed by atoms with Crippen LogP contribution in [0.25, 0.3) is 0 Å². The van der Waals surface area contributed by atoms with Crippen molar-refractivity contribution in [3.05, 3.63) is 53.1 Å². The lowest BCUT2D eigenvalue weighted by Crippen LogP contribution is -2.59. The first-order valence-corrected chi connectivity index (χ1v) is 13.1. The van der Waals surface area contributed by atoms with E-state index in [1.807, 2.05) is 13.0 Å². The lowest BCUT2D eigenvalue weighted by Gasteiger charge is -2.39. The smallest absolute Gasteiger partial charge is 0.410 e. The van der Waals surface area contributed by atoms with Gasteiger partial charge in [0.2, 0.25) is 5.91 Å². The molecule has 4 amide bonds. The average molecular weight is 553 g/mol. The summed E-state index contributed by atoms with van der Waals surface area (Å²) >= 11 is 0. The second-order valence-corrected chi connectivity index (χ2v) is 9.92. The van der Waals surface area contributed by atoms with E-state index in [9.17, 15) is 19.2 Å². The van der Waals surface area contributed by atoms with Gasteiger partial charge in [-0.3, -0.25) is 19.3 Å². The normalized spacial score (nSPS) is 21.3. The minimum atomic E-state index is -0.550. The highest BCUT2D eigenvalue weighted by molar-refractivity contribution is 5.95. The molecule has 0 saturated carbocycles. The highest BCUT2D eigenvalue weighted by atomic mass is 16.6. The van der Waals surface area contributed by atoms with Crippen molar-refractivity contribution in [2.24, 2.45) is 0 Å². The van der Waals surface area contributed by atoms with Gasteiger partial charge in [0, 0.05) is 43.2 Å². The number of rotatable bonds is 3. The van der Waals surface area contributed by atoms with Gasteiger partial charge >= 0.3 is 6.09 Å². The fraction of sp³-hybridized carbons (Fsp3) is 0.429. The molecule has 2 aromatic rings. The monoisotopic (exact) mass is 552 g/mol. The predicted octanol–water partition coefficient (Wildman–Crippen LogP) is 1.24. The Labute approximate surface area is 231 Å². The van der Waals surface area contributed by atoms with Crippen molar-refractivity contribution in [3.63, 3.8) is 0 Å². The SMILES string of the molecule is COc1cc2ccc1CNC(=O)COc1cc(ccc1C)C(=O)N[C@H]1CN(C(=O)CN3CCOC3=O)CC[C@H]1O2. The second-order valence-electron chi connectivity index (χ2n) is 9.92. The molecule has 2 fully saturated rings. The number of nitrogens with zero attached hydrogens (tertiary/aromatic N) is 2. The van der Waals surface area contributed by atoms with Crippen molar-refractivity contribution in [1.82, 2.24) is 20.4 Å². The first kappa shape index (κ1) is 27.1. The fourth-order valence-electron chi connectivity index (χ4n) is 4.93. The number of benzene rings is 2. The van der Waals surface area contributed by atoms with E-state index in [0.717, 1.165) is 11.1 Å². The van der Waals surface area contributed by atoms with Crippen LogP contribution in [0, 0.1) is 6.92 Å². The lowest BCUT2D eigenvalue weighted by atomic mass is 10.0. The Hall–Kier alpha value is -4.48. The topological polar surface area (TPSA) is 136 Å². The number of aryl methyl sites for hydroxylation is 1. The van der Waals surface area contributed by atoms with Crippen LogP contribution >= 0.6 is 0 Å². The molecule has 4 aliphatic rings. The third kappa shape index (κ3) is 6.05. The van der Waals surface area contributed by atoms with Gasteiger partial charge in [-0.1, -0.05) is 6.07 Å². The first-order valence-electron chi connectivity index (χ1n) is 13.1. The van der Waals surface area contributed by atoms with Crippen molar-refractivity contribution in [1.29, 1.82) is 0 Å². The van der Waals surface area contributed by atoms with Gasteiger partial charge in [0.1, 0.15) is 36.5 Å². The van der Waals surface area contributed by atoms with Crippen molar-refractivity contribution in [2.75, 3.05) is 46.5 Å². The van der Waals surface area contributed by atoms with E-state index in [4.69, 9.17) is 18.9 Å². The number of nitrogens with one attached hydrogen (secondary N) is 2. The van der Waals surface area contributed by atoms with Gasteiger partial charge in [-0.15, -0.1) is 0 Å². The van der Waals surface area contributed by atoms with Gasteiger partial charge in [0.15, 0.2) is 6.61 Å². The van der Waals surface area contributed by atoms with Crippen LogP contribution < -0.4 is 24.8 Å². The number of carbonyl (C=O) groups is 4. The predicted molar refractivity (Wildman–Crippen MR) is 141 cm³/mol. The van der Waals surface area contributed by atoms with Crippen LogP contribution in [-0.4, -0.2) is 92.3 Å². The molecule has 0 unspecified atom stereocenters. The Morgan fingerprint density at radius 1 is 1.10 bits per heavy atom. The van der Waals surface area contributed by atoms with Crippen molar-refractivity contribution < 1.29 is 38.1 Å². The minimum Gasteiger partial charge on any atom is -0.496 e. The first-order chi connectivity index (χ1) is 19.3. The number of likely N-dealkylation sites (tertiary alicyclic amines) is 1. The van der Waals surface area contributed by atoms with E-state index in [2.05, 4.69) is 10.6 Å². The summed E-state index contributed by atoms with van der Waals surface area (Å²) in [4.78, 5) is 53.7. The highest BCUT2D eigenvalue weighted by Gasteiger charge is 2.36. The summed E-state index contributed by atoms with van der Waals surface area (Å²) in [5.41, 5.74) is 1.88. The standard InChI is InChI=1S/C28H32N4O8/c1-17-3-4-18-11-23(17)39-16-25(33)29-13-19-5-6-20(12-24(19)37-2)40-22-7-8-31(14-21(22)30-27(18)35)26(34)15-32-9-10-38-28(32)36/h3-6,11-12,21-22H,7-10,13-16H2,1-2H3,(H,29,33)(H,30,35)/t21-,22+/m0/s1. The summed E-state index contributed by atoms with van der Waals surface area (Å²) in [6, 6.07) is 9.79. The lowest BCUT2D eigenvalue weighted by molar-refractivity contribution is -0.134. The molecule has 4 aliphatic heterocycles. The van der Waals surface area contributed by atoms with Crippen LogP contribution in [0.5, 0.6) is 17.2 Å². The van der Waals surface area contributed by atoms with E-state index in [-0.39, 0.29) is 50.6 Å². The maximum absolute atomic E-state index is 13.4. The number of ether oxygens (including phenoxy) is 4. The van der Waals surface area contributed by atoms with Crippen molar-refractivity contribution >= 4 is 23.8 Å². The van der Waals surface area contributed by atoms with Crippen LogP contribution in [0.3, 0.4) is 0 Å². The number of amides is 4. The van der Waals surface area contributed by atoms with Gasteiger partial charge in [0.05, 0.1) is 19.7 Å². The molecule has 12 heteroatoms. The Morgan fingerprint density at radius 2 is 1.95 bits per heavy atom. The summed E-state index contributed by atoms with van der Waals surface area (Å²) < 4.78 is 22.5. The van der Waals surface area contributed by atoms with Gasteiger partial charge < -0.3 is 34.5 Å². The largest absolute Gasteiger partial charge is 0.496 e. The van der Waals surface area contributed by atoms with E-state index in [0.29, 0.717) is 42.3 Å². The molecule has 0 aromatic heterocycles. The second kappa shape index (κ2) is 11.7. The van der Waals surface area contributed by atoms with Gasteiger partial charge in [0.25, 0.3) is 11.8 Å². The van der Waals surface area contributed by atoms with Crippen LogP contribution in [-0.2, 0) is 20.9 Å². The van der Waals surface area contributed by atoms with Crippen LogP contribution in [0.15, 0.2) is 36.4 Å². The Kier molecular flexibility index (Phi) is 7.94. The summed E-state index contributed by atoms with van der Waals surface area (Å²) in [7, 11) is 1.54. The average Bonchev–Trinajstić information content (AvgIpc) is 3.35. The number of cyclic esters (lactones) is 1. The molecule has 6 rings (SSSR count). The molecule has 0 radical (unpaired) electrons. The van der Waals surface area contributed by atoms with Crippen LogP contribution in [0.1, 0.15) is 27.9 Å². The molecule has 12 nitrogen and oxygen atoms in total. The molecule has 4 bridgehead atoms. The molecular formula is C28H32N4O8. The van der Waals surface area contributed by atoms with Crippen LogP contribution in [0.2, 0.25) is 0 Å². The van der Waals surface area contributed by atoms with Gasteiger partial charge in [-0.2, -0.15) is 0 Å². The van der Waals surface area contributed by atoms with Crippen molar-refractivity contribution in [2.45, 2.75) is 32.0 Å². The minimum absolute atomic E-state index is 0.0882. The highest BCUT2D eigenvalue weighted by Crippen LogP contribution is 2.28. The molecule has 40 heavy (non-hydrogen) atoms. The Balaban J connectivity index is 1.42. The quantitative estimate of drug-likeness (QED) is 0.581. The molecule has 212 valence electrons. The molecule has 0 spiro atoms. The number of methoxy groups -OCH3 is 1. The number of piperidine rings is 1. The van der Waals surface area contributed by atoms with E-state index in [1.165, 1.54) is 12.0 Å². The Morgan fingerprint density at radius 3 is 2.73 bits per heavy atom. The molecule has 2 saturated heterocycles. The maximum atomic E-state index is 13.4. The van der Waals surface area contributed by atoms with E-state index in [1.54, 1.807) is 35.2 Å². The summed E-state index contributed by atoms with van der Waals surface area (Å²) in [5, 5.41) is 5.85. The zero-order valence-corrected chi connectivity index (χ0v) is 22.4. The third-order valence-corrected chi connectivity index (χ3v) is 7.22. The number of carbonyl (C=O) groups excluding carboxylic acids is 4. The van der Waals surface area contributed by atoms with E-state index >= 15 is 0 Å². The molecule has 2 atom stereocenters. The third-order valence-electron chi connectivity index (χ3n) is 7.22. The van der Waals surface area contributed by atoms with Crippen molar-refractivity contribution in [3.8, 4) is 17.2 Å². The molecule has 0 aliphatic carbocycles. The van der Waals surface area contributed by atoms with Crippen LogP contribution in [0.4, 0.5) is 4.79 Å². The number of fused-ring (bicyclic) bond motifs is 7. The summed E-state index contributed by atoms with van der Waals surface area (Å²) in [6.07, 6.45) is -0.507. The zero-order valence-electron chi connectivity index (χ0n) is 22.4. The zero-order chi connectivity index (χ0) is 28.2. The number of hydrogen-bond acceptors (Lipinski definition) is 8. The van der Waals surface area contributed by atoms with Gasteiger partial charge in [-0.25, -0.2) is 4.79 Å². The summed E-state index contributed by atoms with van der Waals surface area (Å²) in [6.45, 7) is 2.96. The number of hydrogen-bond donors (Lipinski definition) is 2. The maximum Gasteiger partial charge on any atom is 0.410 e. The summed E-state index contributed by atoms with van der Waals surface area (Å²) in [5.74, 6) is 0.558. The van der Waals surface area contributed by atoms with Gasteiger partial charge in [-0.05, 0) is 36.8 Å². The molecular weight excluding hydrogens is 520 g/mol. The van der Waals surface area contributed by atoms with E-state index < -0.39 is 18.2 Å². The molecule has 2 N–H and O–H groups in total. The molecule has 4 heterocycles. The fourth-order valence-corrected chi connectivity index (χ4v) is 4.93.